The number of nitrogens with one attached hydrogen (secondary N) is 1. The van der Waals surface area contributed by atoms with Gasteiger partial charge in [-0.2, -0.15) is 0 Å². The smallest absolute Gasteiger partial charge is 0.225 e. The number of benzene rings is 1. The molecule has 1 saturated heterocycles. The average Bonchev–Trinajstić information content (AvgIpc) is 2.82. The molecular formula is C19H30N2O2. The number of carbonyl (C=O) groups is 1. The average molecular weight is 318 g/mol. The Hall–Kier alpha value is -1.55. The van der Waals surface area contributed by atoms with Crippen LogP contribution in [0.4, 0.5) is 0 Å². The van der Waals surface area contributed by atoms with Gasteiger partial charge < -0.3 is 15.0 Å². The van der Waals surface area contributed by atoms with Crippen LogP contribution in [0.3, 0.4) is 0 Å². The van der Waals surface area contributed by atoms with Gasteiger partial charge in [-0.3, -0.25) is 4.79 Å². The summed E-state index contributed by atoms with van der Waals surface area (Å²) in [6.07, 6.45) is 3.02. The SMILES string of the molecule is Cc1ccc(C)c(OCCN(C)C(=O)[C@H]2CCCNCC2)c1C. The second-order valence-electron chi connectivity index (χ2n) is 6.64. The van der Waals surface area contributed by atoms with E-state index in [0.717, 1.165) is 43.7 Å². The summed E-state index contributed by atoms with van der Waals surface area (Å²) in [6, 6.07) is 4.21. The third kappa shape index (κ3) is 4.71. The third-order valence-electron chi connectivity index (χ3n) is 4.85. The van der Waals surface area contributed by atoms with E-state index in [-0.39, 0.29) is 11.8 Å². The predicted molar refractivity (Wildman–Crippen MR) is 94.0 cm³/mol. The Morgan fingerprint density at radius 3 is 2.74 bits per heavy atom. The molecule has 0 unspecified atom stereocenters. The van der Waals surface area contributed by atoms with Crippen LogP contribution in [0.1, 0.15) is 36.0 Å². The van der Waals surface area contributed by atoms with Crippen molar-refractivity contribution in [3.8, 4) is 5.75 Å². The van der Waals surface area contributed by atoms with E-state index in [2.05, 4.69) is 38.2 Å². The van der Waals surface area contributed by atoms with Crippen molar-refractivity contribution in [2.75, 3.05) is 33.3 Å². The molecule has 1 aliphatic heterocycles. The van der Waals surface area contributed by atoms with E-state index < -0.39 is 0 Å². The molecule has 1 heterocycles. The van der Waals surface area contributed by atoms with E-state index in [4.69, 9.17) is 4.74 Å². The van der Waals surface area contributed by atoms with Crippen LogP contribution in [0.2, 0.25) is 0 Å². The summed E-state index contributed by atoms with van der Waals surface area (Å²) in [5, 5.41) is 3.36. The Kier molecular flexibility index (Phi) is 6.46. The lowest BCUT2D eigenvalue weighted by atomic mass is 9.99. The maximum atomic E-state index is 12.5. The molecule has 1 atom stereocenters. The molecule has 2 rings (SSSR count). The van der Waals surface area contributed by atoms with E-state index in [9.17, 15) is 4.79 Å². The Labute approximate surface area is 140 Å². The number of ether oxygens (including phenoxy) is 1. The molecule has 0 aromatic heterocycles. The Morgan fingerprint density at radius 2 is 1.96 bits per heavy atom. The standard InChI is InChI=1S/C19H30N2O2/c1-14-7-8-15(2)18(16(14)3)23-13-12-21(4)19(22)17-6-5-10-20-11-9-17/h7-8,17,20H,5-6,9-13H2,1-4H3/t17-/m0/s1. The van der Waals surface area contributed by atoms with Gasteiger partial charge in [-0.1, -0.05) is 12.1 Å². The molecular weight excluding hydrogens is 288 g/mol. The monoisotopic (exact) mass is 318 g/mol. The zero-order chi connectivity index (χ0) is 16.8. The molecule has 1 aromatic rings. The first-order chi connectivity index (χ1) is 11.0. The molecule has 0 aliphatic carbocycles. The lowest BCUT2D eigenvalue weighted by molar-refractivity contribution is -0.134. The fraction of sp³-hybridized carbons (Fsp3) is 0.632. The molecule has 1 amide bonds. The van der Waals surface area contributed by atoms with Gasteiger partial charge in [-0.05, 0) is 69.8 Å². The van der Waals surface area contributed by atoms with Gasteiger partial charge in [0, 0.05) is 13.0 Å². The van der Waals surface area contributed by atoms with Crippen molar-refractivity contribution in [1.29, 1.82) is 0 Å². The summed E-state index contributed by atoms with van der Waals surface area (Å²) in [5.41, 5.74) is 3.58. The second kappa shape index (κ2) is 8.34. The van der Waals surface area contributed by atoms with Gasteiger partial charge in [-0.25, -0.2) is 0 Å². The van der Waals surface area contributed by atoms with E-state index in [1.165, 1.54) is 11.1 Å². The lowest BCUT2D eigenvalue weighted by Gasteiger charge is -2.23. The summed E-state index contributed by atoms with van der Waals surface area (Å²) in [7, 11) is 1.89. The van der Waals surface area contributed by atoms with Gasteiger partial charge in [0.1, 0.15) is 12.4 Å². The molecule has 0 bridgehead atoms. The van der Waals surface area contributed by atoms with Crippen molar-refractivity contribution in [2.45, 2.75) is 40.0 Å². The molecule has 1 N–H and O–H groups in total. The van der Waals surface area contributed by atoms with E-state index in [1.807, 2.05) is 11.9 Å². The highest BCUT2D eigenvalue weighted by Gasteiger charge is 2.22. The van der Waals surface area contributed by atoms with Crippen molar-refractivity contribution in [1.82, 2.24) is 10.2 Å². The zero-order valence-corrected chi connectivity index (χ0v) is 14.9. The maximum absolute atomic E-state index is 12.5. The Balaban J connectivity index is 1.86. The number of likely N-dealkylation sites (N-methyl/N-ethyl adjacent to an activating group) is 1. The minimum atomic E-state index is 0.164. The number of hydrogen-bond donors (Lipinski definition) is 1. The van der Waals surface area contributed by atoms with Gasteiger partial charge in [-0.15, -0.1) is 0 Å². The number of nitrogens with zero attached hydrogens (tertiary/aromatic N) is 1. The van der Waals surface area contributed by atoms with Crippen molar-refractivity contribution >= 4 is 5.91 Å². The molecule has 23 heavy (non-hydrogen) atoms. The van der Waals surface area contributed by atoms with Gasteiger partial charge in [0.05, 0.1) is 6.54 Å². The van der Waals surface area contributed by atoms with Crippen LogP contribution >= 0.6 is 0 Å². The largest absolute Gasteiger partial charge is 0.491 e. The first-order valence-corrected chi connectivity index (χ1v) is 8.66. The van der Waals surface area contributed by atoms with Gasteiger partial charge >= 0.3 is 0 Å². The highest BCUT2D eigenvalue weighted by molar-refractivity contribution is 5.78. The first kappa shape index (κ1) is 17.8. The number of aryl methyl sites for hydroxylation is 2. The molecule has 128 valence electrons. The van der Waals surface area contributed by atoms with E-state index >= 15 is 0 Å². The number of carbonyl (C=O) groups excluding carboxylic acids is 1. The van der Waals surface area contributed by atoms with Crippen LogP contribution < -0.4 is 10.1 Å². The highest BCUT2D eigenvalue weighted by atomic mass is 16.5. The van der Waals surface area contributed by atoms with Crippen LogP contribution in [0.5, 0.6) is 5.75 Å². The predicted octanol–water partition coefficient (Wildman–Crippen LogP) is 2.84. The van der Waals surface area contributed by atoms with Crippen molar-refractivity contribution in [3.05, 3.63) is 28.8 Å². The number of rotatable bonds is 5. The summed E-state index contributed by atoms with van der Waals surface area (Å²) >= 11 is 0. The fourth-order valence-corrected chi connectivity index (χ4v) is 3.12. The van der Waals surface area contributed by atoms with Crippen LogP contribution in [0.15, 0.2) is 12.1 Å². The molecule has 1 fully saturated rings. The summed E-state index contributed by atoms with van der Waals surface area (Å²) in [6.45, 7) is 9.40. The zero-order valence-electron chi connectivity index (χ0n) is 14.9. The molecule has 4 nitrogen and oxygen atoms in total. The molecule has 0 radical (unpaired) electrons. The van der Waals surface area contributed by atoms with Crippen LogP contribution in [0.25, 0.3) is 0 Å². The summed E-state index contributed by atoms with van der Waals surface area (Å²) in [5.74, 6) is 1.39. The van der Waals surface area contributed by atoms with Crippen molar-refractivity contribution in [3.63, 3.8) is 0 Å². The van der Waals surface area contributed by atoms with Crippen molar-refractivity contribution in [2.24, 2.45) is 5.92 Å². The second-order valence-corrected chi connectivity index (χ2v) is 6.64. The van der Waals surface area contributed by atoms with Crippen LogP contribution in [0, 0.1) is 26.7 Å². The molecule has 1 aromatic carbocycles. The van der Waals surface area contributed by atoms with Gasteiger partial charge in [0.15, 0.2) is 0 Å². The van der Waals surface area contributed by atoms with E-state index in [1.54, 1.807) is 0 Å². The maximum Gasteiger partial charge on any atom is 0.225 e. The first-order valence-electron chi connectivity index (χ1n) is 8.66. The van der Waals surface area contributed by atoms with Crippen LogP contribution in [-0.4, -0.2) is 44.1 Å². The Bertz CT molecular complexity index is 534. The van der Waals surface area contributed by atoms with Crippen LogP contribution in [-0.2, 0) is 4.79 Å². The molecule has 4 heteroatoms. The summed E-state index contributed by atoms with van der Waals surface area (Å²) < 4.78 is 5.98. The van der Waals surface area contributed by atoms with Gasteiger partial charge in [0.2, 0.25) is 5.91 Å². The molecule has 0 spiro atoms. The minimum absolute atomic E-state index is 0.164. The molecule has 1 aliphatic rings. The number of hydrogen-bond acceptors (Lipinski definition) is 3. The number of amides is 1. The van der Waals surface area contributed by atoms with E-state index in [0.29, 0.717) is 13.2 Å². The molecule has 0 saturated carbocycles. The van der Waals surface area contributed by atoms with Gasteiger partial charge in [0.25, 0.3) is 0 Å². The minimum Gasteiger partial charge on any atom is -0.491 e. The highest BCUT2D eigenvalue weighted by Crippen LogP contribution is 2.25. The van der Waals surface area contributed by atoms with Crippen molar-refractivity contribution < 1.29 is 9.53 Å². The fourth-order valence-electron chi connectivity index (χ4n) is 3.12. The summed E-state index contributed by atoms with van der Waals surface area (Å²) in [4.78, 5) is 14.4. The normalized spacial score (nSPS) is 18.3. The topological polar surface area (TPSA) is 41.6 Å². The quantitative estimate of drug-likeness (QED) is 0.908. The lowest BCUT2D eigenvalue weighted by Crippen LogP contribution is -2.36. The Morgan fingerprint density at radius 1 is 1.22 bits per heavy atom. The third-order valence-corrected chi connectivity index (χ3v) is 4.85.